The van der Waals surface area contributed by atoms with Crippen LogP contribution in [0.1, 0.15) is 40.0 Å². The Kier molecular flexibility index (Phi) is 8.77. The van der Waals surface area contributed by atoms with Crippen LogP contribution in [0, 0.1) is 0 Å². The molecule has 3 aromatic carbocycles. The Hall–Kier alpha value is -3.04. The van der Waals surface area contributed by atoms with Crippen molar-refractivity contribution < 1.29 is 13.2 Å². The summed E-state index contributed by atoms with van der Waals surface area (Å²) < 4.78 is 25.8. The van der Waals surface area contributed by atoms with Crippen LogP contribution in [0.25, 0.3) is 0 Å². The Labute approximate surface area is 232 Å². The first-order chi connectivity index (χ1) is 18.9. The van der Waals surface area contributed by atoms with Crippen LogP contribution in [0.3, 0.4) is 0 Å². The molecular formula is C31H38N4O3S. The first kappa shape index (κ1) is 27.5. The Bertz CT molecular complexity index is 1280. The van der Waals surface area contributed by atoms with E-state index in [0.717, 1.165) is 38.3 Å². The first-order valence-electron chi connectivity index (χ1n) is 13.9. The van der Waals surface area contributed by atoms with Crippen molar-refractivity contribution in [2.45, 2.75) is 19.5 Å². The molecule has 3 aromatic rings. The van der Waals surface area contributed by atoms with Gasteiger partial charge in [-0.1, -0.05) is 72.8 Å². The van der Waals surface area contributed by atoms with Gasteiger partial charge in [-0.05, 0) is 35.7 Å². The predicted octanol–water partition coefficient (Wildman–Crippen LogP) is 3.70. The van der Waals surface area contributed by atoms with Gasteiger partial charge in [-0.25, -0.2) is 8.42 Å². The summed E-state index contributed by atoms with van der Waals surface area (Å²) in [6.07, 6.45) is 0. The van der Waals surface area contributed by atoms with Gasteiger partial charge in [0, 0.05) is 64.5 Å². The molecule has 206 valence electrons. The maximum atomic E-state index is 13.3. The normalized spacial score (nSPS) is 17.9. The second kappa shape index (κ2) is 12.4. The molecule has 2 aliphatic heterocycles. The van der Waals surface area contributed by atoms with Crippen molar-refractivity contribution >= 4 is 15.9 Å². The molecule has 2 fully saturated rings. The second-order valence-electron chi connectivity index (χ2n) is 10.3. The Morgan fingerprint density at radius 3 is 1.77 bits per heavy atom. The molecule has 2 heterocycles. The van der Waals surface area contributed by atoms with E-state index in [9.17, 15) is 13.2 Å². The molecule has 8 heteroatoms. The van der Waals surface area contributed by atoms with Gasteiger partial charge in [-0.3, -0.25) is 14.6 Å². The van der Waals surface area contributed by atoms with Gasteiger partial charge in [0.25, 0.3) is 5.91 Å². The third kappa shape index (κ3) is 6.58. The highest BCUT2D eigenvalue weighted by Crippen LogP contribution is 2.29. The van der Waals surface area contributed by atoms with Crippen molar-refractivity contribution in [3.05, 3.63) is 107 Å². The summed E-state index contributed by atoms with van der Waals surface area (Å²) >= 11 is 0. The topological polar surface area (TPSA) is 64.2 Å². The predicted molar refractivity (Wildman–Crippen MR) is 155 cm³/mol. The lowest BCUT2D eigenvalue weighted by molar-refractivity contribution is 0.0597. The van der Waals surface area contributed by atoms with Crippen LogP contribution in [0.15, 0.2) is 84.9 Å². The van der Waals surface area contributed by atoms with Gasteiger partial charge in [-0.2, -0.15) is 4.31 Å². The Morgan fingerprint density at radius 2 is 1.26 bits per heavy atom. The minimum atomic E-state index is -3.12. The molecule has 2 aliphatic rings. The minimum absolute atomic E-state index is 0.0792. The van der Waals surface area contributed by atoms with E-state index >= 15 is 0 Å². The highest BCUT2D eigenvalue weighted by Gasteiger charge is 2.29. The molecule has 0 unspecified atom stereocenters. The molecule has 5 rings (SSSR count). The molecule has 1 amide bonds. The fourth-order valence-corrected chi connectivity index (χ4v) is 6.69. The highest BCUT2D eigenvalue weighted by atomic mass is 32.2. The van der Waals surface area contributed by atoms with E-state index in [1.54, 1.807) is 11.2 Å². The van der Waals surface area contributed by atoms with Crippen molar-refractivity contribution in [1.29, 1.82) is 0 Å². The van der Waals surface area contributed by atoms with E-state index in [4.69, 9.17) is 0 Å². The van der Waals surface area contributed by atoms with Crippen molar-refractivity contribution in [3.8, 4) is 0 Å². The van der Waals surface area contributed by atoms with E-state index in [1.807, 2.05) is 41.3 Å². The van der Waals surface area contributed by atoms with Crippen LogP contribution in [-0.2, 0) is 16.6 Å². The summed E-state index contributed by atoms with van der Waals surface area (Å²) in [7, 11) is -3.12. The molecule has 0 bridgehead atoms. The number of carbonyl (C=O) groups excluding carboxylic acids is 1. The van der Waals surface area contributed by atoms with Crippen LogP contribution in [0.4, 0.5) is 0 Å². The molecule has 7 nitrogen and oxygen atoms in total. The van der Waals surface area contributed by atoms with Gasteiger partial charge in [-0.15, -0.1) is 0 Å². The summed E-state index contributed by atoms with van der Waals surface area (Å²) in [4.78, 5) is 20.0. The number of rotatable bonds is 8. The van der Waals surface area contributed by atoms with Gasteiger partial charge >= 0.3 is 0 Å². The fraction of sp³-hybridized carbons (Fsp3) is 0.387. The zero-order chi connectivity index (χ0) is 27.2. The Morgan fingerprint density at radius 1 is 0.718 bits per heavy atom. The number of benzene rings is 3. The smallest absolute Gasteiger partial charge is 0.253 e. The highest BCUT2D eigenvalue weighted by molar-refractivity contribution is 7.89. The number of amides is 1. The van der Waals surface area contributed by atoms with Crippen LogP contribution in [-0.4, -0.2) is 91.4 Å². The number of sulfonamides is 1. The van der Waals surface area contributed by atoms with Gasteiger partial charge < -0.3 is 4.90 Å². The zero-order valence-corrected chi connectivity index (χ0v) is 23.5. The van der Waals surface area contributed by atoms with E-state index in [0.29, 0.717) is 31.7 Å². The number of hydrogen-bond donors (Lipinski definition) is 0. The van der Waals surface area contributed by atoms with Gasteiger partial charge in [0.2, 0.25) is 10.0 Å². The van der Waals surface area contributed by atoms with E-state index in [2.05, 4.69) is 58.3 Å². The largest absolute Gasteiger partial charge is 0.336 e. The second-order valence-corrected chi connectivity index (χ2v) is 12.6. The van der Waals surface area contributed by atoms with Crippen molar-refractivity contribution in [2.75, 3.05) is 58.1 Å². The summed E-state index contributed by atoms with van der Waals surface area (Å²) in [5.74, 6) is 0.230. The van der Waals surface area contributed by atoms with E-state index < -0.39 is 10.0 Å². The lowest BCUT2D eigenvalue weighted by Gasteiger charge is -2.39. The van der Waals surface area contributed by atoms with Crippen LogP contribution >= 0.6 is 0 Å². The zero-order valence-electron chi connectivity index (χ0n) is 22.7. The number of carbonyl (C=O) groups is 1. The van der Waals surface area contributed by atoms with E-state index in [1.165, 1.54) is 11.1 Å². The standard InChI is InChI=1S/C31H38N4O3S/c1-2-39(37,38)35-23-17-32(18-24-35)25-26-13-15-29(16-14-26)31(36)34-21-19-33(20-22-34)30(27-9-5-3-6-10-27)28-11-7-4-8-12-28/h3-16,30H,2,17-25H2,1H3. The molecule has 2 saturated heterocycles. The molecule has 39 heavy (non-hydrogen) atoms. The summed E-state index contributed by atoms with van der Waals surface area (Å²) in [5, 5.41) is 0. The Balaban J connectivity index is 1.16. The van der Waals surface area contributed by atoms with Crippen LogP contribution in [0.2, 0.25) is 0 Å². The van der Waals surface area contributed by atoms with Gasteiger partial charge in [0.15, 0.2) is 0 Å². The number of nitrogens with zero attached hydrogens (tertiary/aromatic N) is 4. The monoisotopic (exact) mass is 546 g/mol. The van der Waals surface area contributed by atoms with E-state index in [-0.39, 0.29) is 17.7 Å². The van der Waals surface area contributed by atoms with Crippen molar-refractivity contribution in [3.63, 3.8) is 0 Å². The average molecular weight is 547 g/mol. The van der Waals surface area contributed by atoms with Crippen LogP contribution < -0.4 is 0 Å². The molecule has 0 spiro atoms. The maximum absolute atomic E-state index is 13.3. The van der Waals surface area contributed by atoms with Crippen molar-refractivity contribution in [2.24, 2.45) is 0 Å². The van der Waals surface area contributed by atoms with Crippen LogP contribution in [0.5, 0.6) is 0 Å². The third-order valence-electron chi connectivity index (χ3n) is 7.89. The quantitative estimate of drug-likeness (QED) is 0.431. The third-order valence-corrected chi connectivity index (χ3v) is 9.78. The molecule has 0 saturated carbocycles. The van der Waals surface area contributed by atoms with Crippen molar-refractivity contribution in [1.82, 2.24) is 19.0 Å². The summed E-state index contributed by atoms with van der Waals surface area (Å²) in [6.45, 7) is 7.99. The fourth-order valence-electron chi connectivity index (χ4n) is 5.61. The van der Waals surface area contributed by atoms with Gasteiger partial charge in [0.05, 0.1) is 11.8 Å². The molecule has 0 aromatic heterocycles. The molecular weight excluding hydrogens is 508 g/mol. The first-order valence-corrected chi connectivity index (χ1v) is 15.5. The number of piperazine rings is 2. The molecule has 0 aliphatic carbocycles. The maximum Gasteiger partial charge on any atom is 0.253 e. The minimum Gasteiger partial charge on any atom is -0.336 e. The average Bonchev–Trinajstić information content (AvgIpc) is 2.99. The molecule has 0 radical (unpaired) electrons. The SMILES string of the molecule is CCS(=O)(=O)N1CCN(Cc2ccc(C(=O)N3CCN(C(c4ccccc4)c4ccccc4)CC3)cc2)CC1. The lowest BCUT2D eigenvalue weighted by Crippen LogP contribution is -2.49. The summed E-state index contributed by atoms with van der Waals surface area (Å²) in [5.41, 5.74) is 4.39. The van der Waals surface area contributed by atoms with Gasteiger partial charge in [0.1, 0.15) is 0 Å². The number of hydrogen-bond acceptors (Lipinski definition) is 5. The lowest BCUT2D eigenvalue weighted by atomic mass is 9.96. The summed E-state index contributed by atoms with van der Waals surface area (Å²) in [6, 6.07) is 29.3. The molecule has 0 atom stereocenters. The molecule has 0 N–H and O–H groups in total.